The van der Waals surface area contributed by atoms with Crippen molar-refractivity contribution in [2.75, 3.05) is 17.8 Å². The molecule has 0 spiro atoms. The maximum absolute atomic E-state index is 13.4. The van der Waals surface area contributed by atoms with Gasteiger partial charge in [-0.15, -0.1) is 0 Å². The first kappa shape index (κ1) is 20.6. The van der Waals surface area contributed by atoms with Crippen LogP contribution in [-0.4, -0.2) is 32.3 Å². The van der Waals surface area contributed by atoms with Crippen LogP contribution in [0.1, 0.15) is 29.8 Å². The first-order valence-electron chi connectivity index (χ1n) is 8.46. The fourth-order valence-corrected chi connectivity index (χ4v) is 3.66. The number of halogens is 1. The van der Waals surface area contributed by atoms with Crippen LogP contribution in [0.25, 0.3) is 0 Å². The highest BCUT2D eigenvalue weighted by molar-refractivity contribution is 7.92. The molecule has 1 amide bonds. The topological polar surface area (TPSA) is 66.5 Å². The molecule has 7 heteroatoms. The van der Waals surface area contributed by atoms with E-state index in [1.54, 1.807) is 17.0 Å². The minimum atomic E-state index is -3.85. The van der Waals surface area contributed by atoms with Crippen LogP contribution in [0.2, 0.25) is 0 Å². The first-order valence-corrected chi connectivity index (χ1v) is 9.95. The van der Waals surface area contributed by atoms with Crippen molar-refractivity contribution in [3.05, 3.63) is 71.6 Å². The van der Waals surface area contributed by atoms with E-state index >= 15 is 0 Å². The summed E-state index contributed by atoms with van der Waals surface area (Å²) in [5.74, 6) is -0.615. The van der Waals surface area contributed by atoms with Gasteiger partial charge in [0.05, 0.1) is 4.90 Å². The Morgan fingerprint density at radius 1 is 1.19 bits per heavy atom. The summed E-state index contributed by atoms with van der Waals surface area (Å²) in [5, 5.41) is 0. The Labute approximate surface area is 159 Å². The monoisotopic (exact) mass is 390 g/mol. The predicted octanol–water partition coefficient (Wildman–Crippen LogP) is 3.97. The summed E-state index contributed by atoms with van der Waals surface area (Å²) in [5.41, 5.74) is 1.90. The number of carbonyl (C=O) groups excluding carboxylic acids is 1. The minimum Gasteiger partial charge on any atom is -0.335 e. The second kappa shape index (κ2) is 8.35. The number of sulfonamides is 1. The van der Waals surface area contributed by atoms with Crippen LogP contribution in [0.3, 0.4) is 0 Å². The maximum atomic E-state index is 13.4. The highest BCUT2D eigenvalue weighted by Gasteiger charge is 2.17. The van der Waals surface area contributed by atoms with E-state index < -0.39 is 15.8 Å². The van der Waals surface area contributed by atoms with E-state index in [2.05, 4.69) is 11.3 Å². The standard InChI is InChI=1S/C20H23FN2O3S/c1-5-23(13-14(2)3)20(24)16-6-8-17(9-7-16)22-27(25,26)18-10-11-19(21)15(4)12-18/h6-12,22H,2,5,13H2,1,3-4H3. The van der Waals surface area contributed by atoms with Crippen molar-refractivity contribution in [1.82, 2.24) is 4.90 Å². The molecule has 0 bridgehead atoms. The van der Waals surface area contributed by atoms with Gasteiger partial charge < -0.3 is 4.90 Å². The van der Waals surface area contributed by atoms with E-state index in [1.807, 2.05) is 13.8 Å². The third kappa shape index (κ3) is 5.17. The second-order valence-electron chi connectivity index (χ2n) is 6.37. The van der Waals surface area contributed by atoms with Gasteiger partial charge in [0.1, 0.15) is 5.82 Å². The van der Waals surface area contributed by atoms with Crippen molar-refractivity contribution < 1.29 is 17.6 Å². The number of amides is 1. The SMILES string of the molecule is C=C(C)CN(CC)C(=O)c1ccc(NS(=O)(=O)c2ccc(F)c(C)c2)cc1. The average Bonchev–Trinajstić information content (AvgIpc) is 2.61. The molecule has 2 rings (SSSR count). The number of benzene rings is 2. The Bertz CT molecular complexity index is 954. The summed E-state index contributed by atoms with van der Waals surface area (Å²) < 4.78 is 40.7. The van der Waals surface area contributed by atoms with Crippen LogP contribution in [-0.2, 0) is 10.0 Å². The molecule has 0 fully saturated rings. The summed E-state index contributed by atoms with van der Waals surface area (Å²) in [4.78, 5) is 14.1. The highest BCUT2D eigenvalue weighted by Crippen LogP contribution is 2.19. The van der Waals surface area contributed by atoms with E-state index in [1.165, 1.54) is 31.2 Å². The van der Waals surface area contributed by atoms with Crippen LogP contribution in [0.15, 0.2) is 59.5 Å². The van der Waals surface area contributed by atoms with Crippen molar-refractivity contribution in [1.29, 1.82) is 0 Å². The molecule has 0 aliphatic rings. The summed E-state index contributed by atoms with van der Waals surface area (Å²) >= 11 is 0. The minimum absolute atomic E-state index is 0.0276. The Hall–Kier alpha value is -2.67. The number of carbonyl (C=O) groups is 1. The van der Waals surface area contributed by atoms with Crippen LogP contribution >= 0.6 is 0 Å². The Morgan fingerprint density at radius 2 is 1.81 bits per heavy atom. The maximum Gasteiger partial charge on any atom is 0.261 e. The highest BCUT2D eigenvalue weighted by atomic mass is 32.2. The van der Waals surface area contributed by atoms with Gasteiger partial charge in [0.15, 0.2) is 0 Å². The molecule has 0 unspecified atom stereocenters. The van der Waals surface area contributed by atoms with Crippen molar-refractivity contribution in [2.24, 2.45) is 0 Å². The molecule has 27 heavy (non-hydrogen) atoms. The first-order chi connectivity index (χ1) is 12.6. The van der Waals surface area contributed by atoms with Crippen LogP contribution in [0, 0.1) is 12.7 Å². The normalized spacial score (nSPS) is 11.1. The molecule has 0 heterocycles. The van der Waals surface area contributed by atoms with E-state index in [9.17, 15) is 17.6 Å². The van der Waals surface area contributed by atoms with Crippen molar-refractivity contribution in [3.63, 3.8) is 0 Å². The van der Waals surface area contributed by atoms with E-state index in [-0.39, 0.29) is 16.4 Å². The number of aryl methyl sites for hydroxylation is 1. The number of hydrogen-bond donors (Lipinski definition) is 1. The summed E-state index contributed by atoms with van der Waals surface area (Å²) in [6.45, 7) is 10.1. The van der Waals surface area contributed by atoms with E-state index in [0.29, 0.717) is 24.3 Å². The number of likely N-dealkylation sites (N-methyl/N-ethyl adjacent to an activating group) is 1. The van der Waals surface area contributed by atoms with Gasteiger partial charge in [0.25, 0.3) is 15.9 Å². The summed E-state index contributed by atoms with van der Waals surface area (Å²) in [7, 11) is -3.85. The largest absolute Gasteiger partial charge is 0.335 e. The van der Waals surface area contributed by atoms with Gasteiger partial charge in [-0.1, -0.05) is 12.2 Å². The zero-order chi connectivity index (χ0) is 20.2. The van der Waals surface area contributed by atoms with Crippen molar-refractivity contribution >= 4 is 21.6 Å². The molecular weight excluding hydrogens is 367 g/mol. The van der Waals surface area contributed by atoms with Gasteiger partial charge in [-0.05, 0) is 68.8 Å². The molecular formula is C20H23FN2O3S. The van der Waals surface area contributed by atoms with Gasteiger partial charge in [-0.2, -0.15) is 0 Å². The summed E-state index contributed by atoms with van der Waals surface area (Å²) in [6, 6.07) is 9.78. The zero-order valence-electron chi connectivity index (χ0n) is 15.6. The molecule has 144 valence electrons. The fraction of sp³-hybridized carbons (Fsp3) is 0.250. The number of nitrogens with one attached hydrogen (secondary N) is 1. The zero-order valence-corrected chi connectivity index (χ0v) is 16.4. The molecule has 0 saturated carbocycles. The number of rotatable bonds is 7. The lowest BCUT2D eigenvalue weighted by Crippen LogP contribution is -2.32. The lowest BCUT2D eigenvalue weighted by atomic mass is 10.1. The van der Waals surface area contributed by atoms with Crippen molar-refractivity contribution in [3.8, 4) is 0 Å². The van der Waals surface area contributed by atoms with Crippen LogP contribution in [0.5, 0.6) is 0 Å². The molecule has 1 N–H and O–H groups in total. The van der Waals surface area contributed by atoms with Crippen molar-refractivity contribution in [2.45, 2.75) is 25.7 Å². The van der Waals surface area contributed by atoms with E-state index in [0.717, 1.165) is 11.6 Å². The molecule has 5 nitrogen and oxygen atoms in total. The predicted molar refractivity (Wildman–Crippen MR) is 105 cm³/mol. The fourth-order valence-electron chi connectivity index (χ4n) is 2.51. The smallest absolute Gasteiger partial charge is 0.261 e. The second-order valence-corrected chi connectivity index (χ2v) is 8.05. The lowest BCUT2D eigenvalue weighted by Gasteiger charge is -2.21. The third-order valence-corrected chi connectivity index (χ3v) is 5.33. The molecule has 0 aliphatic heterocycles. The molecule has 0 radical (unpaired) electrons. The number of hydrogen-bond acceptors (Lipinski definition) is 3. The van der Waals surface area contributed by atoms with Gasteiger partial charge in [-0.25, -0.2) is 12.8 Å². The van der Waals surface area contributed by atoms with Crippen LogP contribution < -0.4 is 4.72 Å². The Balaban J connectivity index is 2.18. The van der Waals surface area contributed by atoms with Gasteiger partial charge in [0, 0.05) is 24.3 Å². The molecule has 0 aromatic heterocycles. The molecule has 2 aromatic carbocycles. The van der Waals surface area contributed by atoms with E-state index in [4.69, 9.17) is 0 Å². The van der Waals surface area contributed by atoms with Gasteiger partial charge in [-0.3, -0.25) is 9.52 Å². The van der Waals surface area contributed by atoms with Gasteiger partial charge >= 0.3 is 0 Å². The average molecular weight is 390 g/mol. The molecule has 2 aromatic rings. The molecule has 0 aliphatic carbocycles. The molecule has 0 saturated heterocycles. The Kier molecular flexibility index (Phi) is 6.38. The summed E-state index contributed by atoms with van der Waals surface area (Å²) in [6.07, 6.45) is 0. The van der Waals surface area contributed by atoms with Crippen LogP contribution in [0.4, 0.5) is 10.1 Å². The quantitative estimate of drug-likeness (QED) is 0.728. The number of anilines is 1. The lowest BCUT2D eigenvalue weighted by molar-refractivity contribution is 0.0778. The third-order valence-electron chi connectivity index (χ3n) is 3.95. The Morgan fingerprint density at radius 3 is 2.33 bits per heavy atom. The molecule has 0 atom stereocenters. The van der Waals surface area contributed by atoms with Gasteiger partial charge in [0.2, 0.25) is 0 Å². The number of nitrogens with zero attached hydrogens (tertiary/aromatic N) is 1.